The SMILES string of the molecule is Cc1csc2cc([C@H](C)N=[N+]=[N-])c(Br)c(=O)n12. The Morgan fingerprint density at radius 3 is 3.00 bits per heavy atom. The smallest absolute Gasteiger partial charge is 0.270 e. The van der Waals surface area contributed by atoms with Crippen LogP contribution in [0.2, 0.25) is 0 Å². The van der Waals surface area contributed by atoms with Gasteiger partial charge in [0.05, 0.1) is 10.5 Å². The van der Waals surface area contributed by atoms with Gasteiger partial charge in [0.15, 0.2) is 0 Å². The first-order valence-corrected chi connectivity index (χ1v) is 6.57. The van der Waals surface area contributed by atoms with E-state index in [1.54, 1.807) is 11.3 Å². The zero-order valence-corrected chi connectivity index (χ0v) is 11.6. The van der Waals surface area contributed by atoms with Gasteiger partial charge in [-0.05, 0) is 40.0 Å². The molecule has 0 unspecified atom stereocenters. The molecule has 0 amide bonds. The molecule has 2 aromatic heterocycles. The zero-order valence-electron chi connectivity index (χ0n) is 9.22. The van der Waals surface area contributed by atoms with E-state index in [0.717, 1.165) is 16.1 Å². The van der Waals surface area contributed by atoms with Gasteiger partial charge in [-0.25, -0.2) is 0 Å². The monoisotopic (exact) mass is 312 g/mol. The Balaban J connectivity index is 2.79. The first-order chi connectivity index (χ1) is 8.06. The van der Waals surface area contributed by atoms with Gasteiger partial charge in [-0.15, -0.1) is 11.3 Å². The Kier molecular flexibility index (Phi) is 3.24. The van der Waals surface area contributed by atoms with Crippen LogP contribution in [0, 0.1) is 6.92 Å². The van der Waals surface area contributed by atoms with E-state index in [-0.39, 0.29) is 11.6 Å². The van der Waals surface area contributed by atoms with Gasteiger partial charge in [-0.2, -0.15) is 0 Å². The van der Waals surface area contributed by atoms with Crippen LogP contribution in [0.5, 0.6) is 0 Å². The maximum atomic E-state index is 12.1. The minimum Gasteiger partial charge on any atom is -0.271 e. The lowest BCUT2D eigenvalue weighted by Gasteiger charge is -2.08. The number of hydrogen-bond donors (Lipinski definition) is 0. The predicted octanol–water partition coefficient (Wildman–Crippen LogP) is 3.80. The first-order valence-electron chi connectivity index (χ1n) is 4.89. The van der Waals surface area contributed by atoms with E-state index in [4.69, 9.17) is 5.53 Å². The highest BCUT2D eigenvalue weighted by Gasteiger charge is 2.15. The van der Waals surface area contributed by atoms with Crippen LogP contribution in [-0.4, -0.2) is 4.40 Å². The predicted molar refractivity (Wildman–Crippen MR) is 71.5 cm³/mol. The van der Waals surface area contributed by atoms with Gasteiger partial charge in [0.25, 0.3) is 5.56 Å². The lowest BCUT2D eigenvalue weighted by atomic mass is 10.1. The topological polar surface area (TPSA) is 70.2 Å². The molecule has 2 rings (SSSR count). The van der Waals surface area contributed by atoms with Crippen LogP contribution < -0.4 is 5.56 Å². The van der Waals surface area contributed by atoms with Gasteiger partial charge in [0.1, 0.15) is 4.83 Å². The van der Waals surface area contributed by atoms with Crippen molar-refractivity contribution in [3.05, 3.63) is 48.0 Å². The molecule has 2 aromatic rings. The molecule has 2 heterocycles. The molecule has 0 saturated heterocycles. The quantitative estimate of drug-likeness (QED) is 0.472. The number of halogens is 1. The fraction of sp³-hybridized carbons (Fsp3) is 0.300. The normalized spacial score (nSPS) is 12.4. The van der Waals surface area contributed by atoms with Gasteiger partial charge in [-0.1, -0.05) is 12.0 Å². The number of azide groups is 1. The molecule has 1 atom stereocenters. The Hall–Kier alpha value is -1.30. The maximum absolute atomic E-state index is 12.1. The maximum Gasteiger partial charge on any atom is 0.270 e. The average Bonchev–Trinajstić information content (AvgIpc) is 2.65. The summed E-state index contributed by atoms with van der Waals surface area (Å²) >= 11 is 4.77. The minimum absolute atomic E-state index is 0.115. The van der Waals surface area contributed by atoms with Crippen LogP contribution in [0.25, 0.3) is 15.3 Å². The third-order valence-electron chi connectivity index (χ3n) is 2.52. The van der Waals surface area contributed by atoms with E-state index in [1.807, 2.05) is 18.4 Å². The lowest BCUT2D eigenvalue weighted by molar-refractivity contribution is 0.796. The number of fused-ring (bicyclic) bond motifs is 1. The fourth-order valence-corrected chi connectivity index (χ4v) is 3.19. The molecule has 0 radical (unpaired) electrons. The molecule has 0 saturated carbocycles. The van der Waals surface area contributed by atoms with Crippen LogP contribution in [0.4, 0.5) is 0 Å². The van der Waals surface area contributed by atoms with E-state index in [9.17, 15) is 4.79 Å². The second kappa shape index (κ2) is 4.52. The van der Waals surface area contributed by atoms with Crippen LogP contribution in [-0.2, 0) is 0 Å². The van der Waals surface area contributed by atoms with Crippen molar-refractivity contribution in [1.29, 1.82) is 0 Å². The summed E-state index contributed by atoms with van der Waals surface area (Å²) in [5, 5.41) is 5.54. The molecule has 5 nitrogen and oxygen atoms in total. The van der Waals surface area contributed by atoms with Gasteiger partial charge < -0.3 is 0 Å². The largest absolute Gasteiger partial charge is 0.271 e. The molecule has 0 N–H and O–H groups in total. The summed E-state index contributed by atoms with van der Waals surface area (Å²) in [7, 11) is 0. The standard InChI is InChI=1S/C10H9BrN4OS/c1-5-4-17-8-3-7(6(2)13-14-12)9(11)10(16)15(5)8/h3-4,6H,1-2H3/t6-/m0/s1. The minimum atomic E-state index is -0.366. The molecule has 0 bridgehead atoms. The van der Waals surface area contributed by atoms with E-state index in [0.29, 0.717) is 4.47 Å². The van der Waals surface area contributed by atoms with Crippen molar-refractivity contribution in [2.75, 3.05) is 0 Å². The van der Waals surface area contributed by atoms with Crippen LogP contribution in [0.1, 0.15) is 24.2 Å². The van der Waals surface area contributed by atoms with E-state index < -0.39 is 0 Å². The van der Waals surface area contributed by atoms with Crippen molar-refractivity contribution in [3.63, 3.8) is 0 Å². The third-order valence-corrected chi connectivity index (χ3v) is 4.32. The lowest BCUT2D eigenvalue weighted by Crippen LogP contribution is -2.16. The molecule has 0 fully saturated rings. The Morgan fingerprint density at radius 2 is 2.35 bits per heavy atom. The molecule has 0 aromatic carbocycles. The summed E-state index contributed by atoms with van der Waals surface area (Å²) in [5.41, 5.74) is 9.94. The third kappa shape index (κ3) is 1.97. The first kappa shape index (κ1) is 12.2. The van der Waals surface area contributed by atoms with E-state index >= 15 is 0 Å². The van der Waals surface area contributed by atoms with E-state index in [2.05, 4.69) is 26.0 Å². The Labute approximate surface area is 109 Å². The number of nitrogens with zero attached hydrogens (tertiary/aromatic N) is 4. The molecule has 0 aliphatic heterocycles. The fourth-order valence-electron chi connectivity index (χ4n) is 1.65. The van der Waals surface area contributed by atoms with Crippen molar-refractivity contribution in [2.24, 2.45) is 5.11 Å². The molecule has 88 valence electrons. The molecule has 17 heavy (non-hydrogen) atoms. The van der Waals surface area contributed by atoms with Gasteiger partial charge in [0, 0.05) is 16.0 Å². The van der Waals surface area contributed by atoms with E-state index in [1.165, 1.54) is 11.3 Å². The highest BCUT2D eigenvalue weighted by atomic mass is 79.9. The van der Waals surface area contributed by atoms with Crippen molar-refractivity contribution in [3.8, 4) is 0 Å². The number of thiazole rings is 1. The van der Waals surface area contributed by atoms with Gasteiger partial charge in [0.2, 0.25) is 0 Å². The van der Waals surface area contributed by atoms with Crippen LogP contribution in [0.3, 0.4) is 0 Å². The Morgan fingerprint density at radius 1 is 1.65 bits per heavy atom. The molecule has 0 aliphatic carbocycles. The number of hydrogen-bond acceptors (Lipinski definition) is 3. The molecule has 7 heteroatoms. The summed E-state index contributed by atoms with van der Waals surface area (Å²) in [6, 6.07) is 1.51. The van der Waals surface area contributed by atoms with Crippen molar-refractivity contribution < 1.29 is 0 Å². The number of aryl methyl sites for hydroxylation is 1. The molecule has 0 spiro atoms. The summed E-state index contributed by atoms with van der Waals surface area (Å²) in [5.74, 6) is 0. The number of pyridine rings is 1. The van der Waals surface area contributed by atoms with Crippen LogP contribution in [0.15, 0.2) is 25.8 Å². The average molecular weight is 313 g/mol. The summed E-state index contributed by atoms with van der Waals surface area (Å²) in [6.45, 7) is 3.64. The van der Waals surface area contributed by atoms with Crippen molar-refractivity contribution in [1.82, 2.24) is 4.40 Å². The molecular formula is C10H9BrN4OS. The highest BCUT2D eigenvalue weighted by molar-refractivity contribution is 9.10. The number of rotatable bonds is 2. The van der Waals surface area contributed by atoms with Gasteiger partial charge >= 0.3 is 0 Å². The Bertz CT molecular complexity index is 683. The summed E-state index contributed by atoms with van der Waals surface area (Å²) < 4.78 is 2.09. The summed E-state index contributed by atoms with van der Waals surface area (Å²) in [6.07, 6.45) is 0. The van der Waals surface area contributed by atoms with Crippen LogP contribution >= 0.6 is 27.3 Å². The second-order valence-corrected chi connectivity index (χ2v) is 5.33. The molecule has 0 aliphatic rings. The highest BCUT2D eigenvalue weighted by Crippen LogP contribution is 2.27. The number of aromatic nitrogens is 1. The van der Waals surface area contributed by atoms with Crippen molar-refractivity contribution in [2.45, 2.75) is 19.9 Å². The second-order valence-electron chi connectivity index (χ2n) is 3.65. The van der Waals surface area contributed by atoms with Gasteiger partial charge in [-0.3, -0.25) is 9.20 Å². The van der Waals surface area contributed by atoms with Crippen molar-refractivity contribution >= 4 is 32.1 Å². The molecular weight excluding hydrogens is 304 g/mol. The zero-order chi connectivity index (χ0) is 12.6. The summed E-state index contributed by atoms with van der Waals surface area (Å²) in [4.78, 5) is 15.7.